The Morgan fingerprint density at radius 2 is 2.11 bits per heavy atom. The van der Waals surface area contributed by atoms with E-state index in [2.05, 4.69) is 11.9 Å². The first-order valence-corrected chi connectivity index (χ1v) is 6.90. The molecule has 2 aromatic rings. The molecular weight excluding hydrogens is 240 g/mol. The summed E-state index contributed by atoms with van der Waals surface area (Å²) in [6.07, 6.45) is 6.14. The quantitative estimate of drug-likeness (QED) is 0.462. The number of nitrogens with one attached hydrogen (secondary N) is 1. The van der Waals surface area contributed by atoms with Gasteiger partial charge in [-0.25, -0.2) is 0 Å². The molecule has 19 heavy (non-hydrogen) atoms. The average Bonchev–Trinajstić information content (AvgIpc) is 2.81. The van der Waals surface area contributed by atoms with Crippen molar-refractivity contribution in [1.29, 1.82) is 0 Å². The topological polar surface area (TPSA) is 58.9 Å². The van der Waals surface area contributed by atoms with Crippen LogP contribution in [-0.2, 0) is 0 Å². The van der Waals surface area contributed by atoms with Crippen LogP contribution in [0.15, 0.2) is 30.5 Å². The van der Waals surface area contributed by atoms with Crippen LogP contribution in [0.2, 0.25) is 0 Å². The van der Waals surface area contributed by atoms with Crippen LogP contribution in [0.1, 0.15) is 44.1 Å². The number of unbranched alkanes of at least 4 members (excludes halogenated alkanes) is 2. The van der Waals surface area contributed by atoms with E-state index in [1.54, 1.807) is 0 Å². The summed E-state index contributed by atoms with van der Waals surface area (Å²) in [6, 6.07) is 8.00. The maximum absolute atomic E-state index is 10.9. The standard InChI is InChI=1S/C15H20N2O2/c1-2-3-4-7-12(11-17(18)19)14-10-16-15-9-6-5-8-13(14)15/h5-6,8-10,12,16H,2-4,7,11H2,1H3/t12-/m0/s1. The monoisotopic (exact) mass is 260 g/mol. The summed E-state index contributed by atoms with van der Waals surface area (Å²) in [4.78, 5) is 13.9. The minimum atomic E-state index is -0.196. The lowest BCUT2D eigenvalue weighted by atomic mass is 9.93. The van der Waals surface area contributed by atoms with E-state index in [9.17, 15) is 10.1 Å². The van der Waals surface area contributed by atoms with Gasteiger partial charge < -0.3 is 4.98 Å². The number of nitrogens with zero attached hydrogens (tertiary/aromatic N) is 1. The molecule has 1 N–H and O–H groups in total. The van der Waals surface area contributed by atoms with Crippen LogP contribution < -0.4 is 0 Å². The fraction of sp³-hybridized carbons (Fsp3) is 0.467. The van der Waals surface area contributed by atoms with E-state index in [0.29, 0.717) is 0 Å². The summed E-state index contributed by atoms with van der Waals surface area (Å²) < 4.78 is 0. The van der Waals surface area contributed by atoms with Gasteiger partial charge in [-0.15, -0.1) is 0 Å². The Kier molecular flexibility index (Phi) is 4.55. The highest BCUT2D eigenvalue weighted by atomic mass is 16.6. The molecule has 2 rings (SSSR count). The second-order valence-corrected chi connectivity index (χ2v) is 5.00. The molecule has 0 radical (unpaired) electrons. The van der Waals surface area contributed by atoms with Gasteiger partial charge in [-0.2, -0.15) is 0 Å². The number of hydrogen-bond donors (Lipinski definition) is 1. The van der Waals surface area contributed by atoms with E-state index in [4.69, 9.17) is 0 Å². The van der Waals surface area contributed by atoms with Gasteiger partial charge in [0.05, 0.1) is 5.92 Å². The fourth-order valence-corrected chi connectivity index (χ4v) is 2.60. The van der Waals surface area contributed by atoms with E-state index < -0.39 is 0 Å². The summed E-state index contributed by atoms with van der Waals surface area (Å²) in [5.41, 5.74) is 2.14. The van der Waals surface area contributed by atoms with Crippen molar-refractivity contribution in [3.8, 4) is 0 Å². The Hall–Kier alpha value is -1.84. The number of nitro groups is 1. The number of benzene rings is 1. The van der Waals surface area contributed by atoms with Crippen molar-refractivity contribution in [2.45, 2.75) is 38.5 Å². The zero-order valence-corrected chi connectivity index (χ0v) is 11.3. The largest absolute Gasteiger partial charge is 0.361 e. The van der Waals surface area contributed by atoms with E-state index in [-0.39, 0.29) is 17.4 Å². The second-order valence-electron chi connectivity index (χ2n) is 5.00. The van der Waals surface area contributed by atoms with Crippen molar-refractivity contribution in [3.05, 3.63) is 46.1 Å². The third-order valence-corrected chi connectivity index (χ3v) is 3.59. The molecule has 102 valence electrons. The normalized spacial score (nSPS) is 12.7. The van der Waals surface area contributed by atoms with Crippen LogP contribution in [0.4, 0.5) is 0 Å². The highest BCUT2D eigenvalue weighted by Gasteiger charge is 2.20. The maximum atomic E-state index is 10.9. The molecule has 0 spiro atoms. The SMILES string of the molecule is CCCCC[C@@H](C[N+](=O)[O-])c1c[nH]c2ccccc12. The number of para-hydroxylation sites is 1. The zero-order valence-electron chi connectivity index (χ0n) is 11.3. The third kappa shape index (κ3) is 3.34. The zero-order chi connectivity index (χ0) is 13.7. The number of hydrogen-bond acceptors (Lipinski definition) is 2. The summed E-state index contributed by atoms with van der Waals surface area (Å²) in [5.74, 6) is 0.0118. The van der Waals surface area contributed by atoms with Gasteiger partial charge in [0.1, 0.15) is 0 Å². The molecule has 4 heteroatoms. The minimum absolute atomic E-state index is 0.0118. The van der Waals surface area contributed by atoms with Crippen LogP contribution >= 0.6 is 0 Å². The van der Waals surface area contributed by atoms with Gasteiger partial charge >= 0.3 is 0 Å². The molecule has 0 unspecified atom stereocenters. The molecule has 0 aliphatic carbocycles. The predicted molar refractivity (Wildman–Crippen MR) is 77.0 cm³/mol. The van der Waals surface area contributed by atoms with Crippen molar-refractivity contribution in [2.75, 3.05) is 6.54 Å². The molecule has 1 aromatic carbocycles. The predicted octanol–water partition coefficient (Wildman–Crippen LogP) is 4.11. The highest BCUT2D eigenvalue weighted by Crippen LogP contribution is 2.29. The molecule has 1 aromatic heterocycles. The van der Waals surface area contributed by atoms with Gasteiger partial charge in [0.2, 0.25) is 6.54 Å². The molecular formula is C15H20N2O2. The minimum Gasteiger partial charge on any atom is -0.361 e. The molecule has 0 aliphatic rings. The molecule has 0 aliphatic heterocycles. The van der Waals surface area contributed by atoms with Crippen LogP contribution in [-0.4, -0.2) is 16.5 Å². The third-order valence-electron chi connectivity index (χ3n) is 3.59. The van der Waals surface area contributed by atoms with Gasteiger partial charge in [0.15, 0.2) is 0 Å². The average molecular weight is 260 g/mol. The lowest BCUT2D eigenvalue weighted by molar-refractivity contribution is -0.483. The van der Waals surface area contributed by atoms with Gasteiger partial charge in [-0.1, -0.05) is 44.4 Å². The summed E-state index contributed by atoms with van der Waals surface area (Å²) in [6.45, 7) is 2.17. The molecule has 4 nitrogen and oxygen atoms in total. The lowest BCUT2D eigenvalue weighted by Crippen LogP contribution is -2.12. The Bertz CT molecular complexity index is 548. The molecule has 0 bridgehead atoms. The lowest BCUT2D eigenvalue weighted by Gasteiger charge is -2.11. The molecule has 0 amide bonds. The Morgan fingerprint density at radius 1 is 1.32 bits per heavy atom. The summed E-state index contributed by atoms with van der Waals surface area (Å²) >= 11 is 0. The number of fused-ring (bicyclic) bond motifs is 1. The Labute approximate surface area is 113 Å². The molecule has 0 saturated carbocycles. The number of aromatic nitrogens is 1. The summed E-state index contributed by atoms with van der Waals surface area (Å²) in [7, 11) is 0. The molecule has 1 atom stereocenters. The fourth-order valence-electron chi connectivity index (χ4n) is 2.60. The van der Waals surface area contributed by atoms with Crippen LogP contribution in [0, 0.1) is 10.1 Å². The molecule has 0 saturated heterocycles. The van der Waals surface area contributed by atoms with Crippen molar-refractivity contribution >= 4 is 10.9 Å². The Balaban J connectivity index is 2.23. The number of H-pyrrole nitrogens is 1. The second kappa shape index (κ2) is 6.36. The van der Waals surface area contributed by atoms with Crippen molar-refractivity contribution in [2.24, 2.45) is 0 Å². The van der Waals surface area contributed by atoms with Crippen molar-refractivity contribution in [1.82, 2.24) is 4.98 Å². The maximum Gasteiger partial charge on any atom is 0.210 e. The molecule has 0 fully saturated rings. The van der Waals surface area contributed by atoms with Gasteiger partial charge in [-0.3, -0.25) is 10.1 Å². The smallest absolute Gasteiger partial charge is 0.210 e. The first-order valence-electron chi connectivity index (χ1n) is 6.90. The van der Waals surface area contributed by atoms with Gasteiger partial charge in [0.25, 0.3) is 0 Å². The van der Waals surface area contributed by atoms with Crippen LogP contribution in [0.3, 0.4) is 0 Å². The number of rotatable bonds is 7. The van der Waals surface area contributed by atoms with Crippen LogP contribution in [0.5, 0.6) is 0 Å². The van der Waals surface area contributed by atoms with Crippen molar-refractivity contribution in [3.63, 3.8) is 0 Å². The summed E-state index contributed by atoms with van der Waals surface area (Å²) in [5, 5.41) is 12.0. The van der Waals surface area contributed by atoms with Crippen molar-refractivity contribution < 1.29 is 4.92 Å². The van der Waals surface area contributed by atoms with E-state index >= 15 is 0 Å². The van der Waals surface area contributed by atoms with Gasteiger partial charge in [-0.05, 0) is 18.1 Å². The highest BCUT2D eigenvalue weighted by molar-refractivity contribution is 5.83. The van der Waals surface area contributed by atoms with Gasteiger partial charge in [0, 0.05) is 22.0 Å². The Morgan fingerprint density at radius 3 is 2.84 bits per heavy atom. The first-order chi connectivity index (χ1) is 9.22. The van der Waals surface area contributed by atoms with E-state index in [1.807, 2.05) is 30.5 Å². The first kappa shape index (κ1) is 13.6. The van der Waals surface area contributed by atoms with E-state index in [0.717, 1.165) is 42.1 Å². The van der Waals surface area contributed by atoms with Crippen LogP contribution in [0.25, 0.3) is 10.9 Å². The number of aromatic amines is 1. The van der Waals surface area contributed by atoms with E-state index in [1.165, 1.54) is 0 Å². The molecule has 1 heterocycles.